The van der Waals surface area contributed by atoms with Crippen molar-refractivity contribution in [2.24, 2.45) is 0 Å². The summed E-state index contributed by atoms with van der Waals surface area (Å²) in [6, 6.07) is 22.4. The number of nitrogens with one attached hydrogen (secondary N) is 1. The lowest BCUT2D eigenvalue weighted by atomic mass is 10.2. The van der Waals surface area contributed by atoms with Crippen LogP contribution in [0, 0.1) is 0 Å². The number of hydrogen-bond donors (Lipinski definition) is 1. The number of carbonyl (C=O) groups is 1. The highest BCUT2D eigenvalue weighted by atomic mass is 35.5. The second-order valence-corrected chi connectivity index (χ2v) is 6.88. The van der Waals surface area contributed by atoms with Crippen molar-refractivity contribution in [1.82, 2.24) is 0 Å². The molecule has 1 N–H and O–H groups in total. The van der Waals surface area contributed by atoms with E-state index in [-0.39, 0.29) is 5.91 Å². The Labute approximate surface area is 162 Å². The van der Waals surface area contributed by atoms with Crippen molar-refractivity contribution in [2.75, 3.05) is 11.6 Å². The van der Waals surface area contributed by atoms with Gasteiger partial charge in [-0.3, -0.25) is 4.79 Å². The van der Waals surface area contributed by atoms with Crippen LogP contribution in [0.1, 0.15) is 15.9 Å². The average molecular weight is 384 g/mol. The van der Waals surface area contributed by atoms with Crippen LogP contribution in [-0.4, -0.2) is 12.2 Å². The zero-order valence-corrected chi connectivity index (χ0v) is 15.8. The van der Waals surface area contributed by atoms with Gasteiger partial charge in [0.1, 0.15) is 12.4 Å². The van der Waals surface area contributed by atoms with Gasteiger partial charge in [-0.1, -0.05) is 35.9 Å². The summed E-state index contributed by atoms with van der Waals surface area (Å²) in [5.41, 5.74) is 2.27. The van der Waals surface area contributed by atoms with E-state index in [0.29, 0.717) is 22.9 Å². The molecule has 0 radical (unpaired) electrons. The van der Waals surface area contributed by atoms with Crippen LogP contribution >= 0.6 is 23.4 Å². The lowest BCUT2D eigenvalue weighted by Crippen LogP contribution is -2.11. The first-order valence-corrected chi connectivity index (χ1v) is 9.67. The fraction of sp³-hybridized carbons (Fsp3) is 0.0952. The van der Waals surface area contributed by atoms with Crippen LogP contribution in [0.25, 0.3) is 0 Å². The van der Waals surface area contributed by atoms with Gasteiger partial charge in [-0.15, -0.1) is 11.8 Å². The van der Waals surface area contributed by atoms with Gasteiger partial charge in [0.05, 0.1) is 0 Å². The second kappa shape index (κ2) is 8.79. The standard InChI is InChI=1S/C21H18ClNO2S/c1-26-19-7-4-6-17(13-19)23-21(24)15-9-11-18(12-10-15)25-14-16-5-2-3-8-20(16)22/h2-13H,14H2,1H3,(H,23,24). The second-order valence-electron chi connectivity index (χ2n) is 5.59. The summed E-state index contributed by atoms with van der Waals surface area (Å²) < 4.78 is 5.74. The van der Waals surface area contributed by atoms with Gasteiger partial charge in [0.2, 0.25) is 0 Å². The van der Waals surface area contributed by atoms with Crippen molar-refractivity contribution >= 4 is 35.0 Å². The van der Waals surface area contributed by atoms with Crippen LogP contribution in [0.3, 0.4) is 0 Å². The minimum Gasteiger partial charge on any atom is -0.489 e. The monoisotopic (exact) mass is 383 g/mol. The van der Waals surface area contributed by atoms with Gasteiger partial charge >= 0.3 is 0 Å². The van der Waals surface area contributed by atoms with Crippen LogP contribution in [-0.2, 0) is 6.61 Å². The van der Waals surface area contributed by atoms with Gasteiger partial charge in [0, 0.05) is 26.7 Å². The Bertz CT molecular complexity index is 897. The molecule has 0 atom stereocenters. The third-order valence-electron chi connectivity index (χ3n) is 3.80. The summed E-state index contributed by atoms with van der Waals surface area (Å²) in [5, 5.41) is 3.58. The highest BCUT2D eigenvalue weighted by Gasteiger charge is 2.07. The maximum absolute atomic E-state index is 12.4. The van der Waals surface area contributed by atoms with Gasteiger partial charge < -0.3 is 10.1 Å². The van der Waals surface area contributed by atoms with Gasteiger partial charge in [0.25, 0.3) is 5.91 Å². The van der Waals surface area contributed by atoms with Crippen molar-refractivity contribution < 1.29 is 9.53 Å². The quantitative estimate of drug-likeness (QED) is 0.539. The smallest absolute Gasteiger partial charge is 0.255 e. The van der Waals surface area contributed by atoms with Crippen molar-refractivity contribution in [2.45, 2.75) is 11.5 Å². The number of anilines is 1. The van der Waals surface area contributed by atoms with Crippen molar-refractivity contribution in [3.63, 3.8) is 0 Å². The van der Waals surface area contributed by atoms with E-state index in [4.69, 9.17) is 16.3 Å². The molecule has 0 unspecified atom stereocenters. The van der Waals surface area contributed by atoms with Gasteiger partial charge in [-0.25, -0.2) is 0 Å². The Balaban J connectivity index is 1.61. The minimum atomic E-state index is -0.152. The Hall–Kier alpha value is -2.43. The fourth-order valence-electron chi connectivity index (χ4n) is 2.38. The van der Waals surface area contributed by atoms with E-state index in [9.17, 15) is 4.79 Å². The number of halogens is 1. The minimum absolute atomic E-state index is 0.152. The lowest BCUT2D eigenvalue weighted by molar-refractivity contribution is 0.102. The lowest BCUT2D eigenvalue weighted by Gasteiger charge is -2.09. The van der Waals surface area contributed by atoms with E-state index in [1.807, 2.05) is 54.8 Å². The first kappa shape index (κ1) is 18.4. The first-order chi connectivity index (χ1) is 12.7. The molecule has 0 aliphatic heterocycles. The third-order valence-corrected chi connectivity index (χ3v) is 4.89. The van der Waals surface area contributed by atoms with Crippen LogP contribution in [0.4, 0.5) is 5.69 Å². The van der Waals surface area contributed by atoms with Crippen LogP contribution in [0.15, 0.2) is 77.7 Å². The van der Waals surface area contributed by atoms with E-state index >= 15 is 0 Å². The summed E-state index contributed by atoms with van der Waals surface area (Å²) in [4.78, 5) is 13.5. The number of amides is 1. The molecule has 0 fully saturated rings. The van der Waals surface area contributed by atoms with E-state index in [0.717, 1.165) is 16.1 Å². The zero-order chi connectivity index (χ0) is 18.4. The summed E-state index contributed by atoms with van der Waals surface area (Å²) in [5.74, 6) is 0.534. The number of rotatable bonds is 6. The number of thioether (sulfide) groups is 1. The zero-order valence-electron chi connectivity index (χ0n) is 14.2. The molecule has 0 aromatic heterocycles. The van der Waals surface area contributed by atoms with Crippen LogP contribution in [0.2, 0.25) is 5.02 Å². The third kappa shape index (κ3) is 4.81. The predicted octanol–water partition coefficient (Wildman–Crippen LogP) is 5.89. The molecule has 0 saturated carbocycles. The highest BCUT2D eigenvalue weighted by molar-refractivity contribution is 7.98. The first-order valence-electron chi connectivity index (χ1n) is 8.07. The van der Waals surface area contributed by atoms with Gasteiger partial charge in [-0.2, -0.15) is 0 Å². The highest BCUT2D eigenvalue weighted by Crippen LogP contribution is 2.21. The summed E-state index contributed by atoms with van der Waals surface area (Å²) in [6.45, 7) is 0.382. The van der Waals surface area contributed by atoms with Gasteiger partial charge in [-0.05, 0) is 54.8 Å². The average Bonchev–Trinajstić information content (AvgIpc) is 2.68. The van der Waals surface area contributed by atoms with Crippen molar-refractivity contribution in [3.05, 3.63) is 88.9 Å². The molecule has 3 aromatic rings. The molecule has 3 rings (SSSR count). The SMILES string of the molecule is CSc1cccc(NC(=O)c2ccc(OCc3ccccc3Cl)cc2)c1. The molecular weight excluding hydrogens is 366 g/mol. The molecule has 0 aliphatic rings. The number of ether oxygens (including phenoxy) is 1. The fourth-order valence-corrected chi connectivity index (χ4v) is 3.03. The molecule has 132 valence electrons. The molecule has 3 nitrogen and oxygen atoms in total. The Morgan fingerprint density at radius 2 is 1.81 bits per heavy atom. The number of carbonyl (C=O) groups excluding carboxylic acids is 1. The molecule has 0 bridgehead atoms. The summed E-state index contributed by atoms with van der Waals surface area (Å²) in [7, 11) is 0. The van der Waals surface area contributed by atoms with E-state index in [1.54, 1.807) is 36.0 Å². The molecule has 3 aromatic carbocycles. The van der Waals surface area contributed by atoms with E-state index in [1.165, 1.54) is 0 Å². The molecule has 1 amide bonds. The van der Waals surface area contributed by atoms with E-state index in [2.05, 4.69) is 5.32 Å². The van der Waals surface area contributed by atoms with Gasteiger partial charge in [0.15, 0.2) is 0 Å². The van der Waals surface area contributed by atoms with Crippen molar-refractivity contribution in [3.8, 4) is 5.75 Å². The molecule has 26 heavy (non-hydrogen) atoms. The predicted molar refractivity (Wildman–Crippen MR) is 108 cm³/mol. The van der Waals surface area contributed by atoms with Crippen molar-refractivity contribution in [1.29, 1.82) is 0 Å². The Kier molecular flexibility index (Phi) is 6.21. The topological polar surface area (TPSA) is 38.3 Å². The molecule has 0 saturated heterocycles. The maximum Gasteiger partial charge on any atom is 0.255 e. The molecule has 5 heteroatoms. The Morgan fingerprint density at radius 3 is 2.54 bits per heavy atom. The molecule has 0 aliphatic carbocycles. The van der Waals surface area contributed by atoms with E-state index < -0.39 is 0 Å². The maximum atomic E-state index is 12.4. The Morgan fingerprint density at radius 1 is 1.04 bits per heavy atom. The number of hydrogen-bond acceptors (Lipinski definition) is 3. The van der Waals surface area contributed by atoms with Crippen LogP contribution < -0.4 is 10.1 Å². The molecule has 0 spiro atoms. The molecular formula is C21H18ClNO2S. The van der Waals surface area contributed by atoms with Crippen LogP contribution in [0.5, 0.6) is 5.75 Å². The molecule has 0 heterocycles. The largest absolute Gasteiger partial charge is 0.489 e. The number of benzene rings is 3. The summed E-state index contributed by atoms with van der Waals surface area (Å²) in [6.07, 6.45) is 2.00. The summed E-state index contributed by atoms with van der Waals surface area (Å²) >= 11 is 7.76. The normalized spacial score (nSPS) is 10.4.